The second kappa shape index (κ2) is 6.27. The van der Waals surface area contributed by atoms with Crippen LogP contribution in [0.5, 0.6) is 0 Å². The van der Waals surface area contributed by atoms with E-state index in [-0.39, 0.29) is 17.4 Å². The summed E-state index contributed by atoms with van der Waals surface area (Å²) in [5, 5.41) is 0. The second-order valence-electron chi connectivity index (χ2n) is 6.32. The van der Waals surface area contributed by atoms with Gasteiger partial charge in [0.2, 0.25) is 10.0 Å². The van der Waals surface area contributed by atoms with E-state index in [1.54, 1.807) is 4.31 Å². The van der Waals surface area contributed by atoms with Crippen LogP contribution in [0.2, 0.25) is 0 Å². The van der Waals surface area contributed by atoms with Crippen molar-refractivity contribution in [1.29, 1.82) is 0 Å². The number of ether oxygens (including phenoxy) is 1. The smallest absolute Gasteiger partial charge is 0.216 e. The van der Waals surface area contributed by atoms with Crippen molar-refractivity contribution in [1.82, 2.24) is 9.21 Å². The summed E-state index contributed by atoms with van der Waals surface area (Å²) in [6.07, 6.45) is 1.72. The van der Waals surface area contributed by atoms with Crippen LogP contribution in [0.3, 0.4) is 0 Å². The molecule has 2 fully saturated rings. The predicted octanol–water partition coefficient (Wildman–Crippen LogP) is -0.150. The highest BCUT2D eigenvalue weighted by atomic mass is 32.2. The summed E-state index contributed by atoms with van der Waals surface area (Å²) in [7, 11) is -3.19. The van der Waals surface area contributed by atoms with Crippen LogP contribution in [0, 0.1) is 0 Å². The van der Waals surface area contributed by atoms with Crippen molar-refractivity contribution in [3.63, 3.8) is 0 Å². The zero-order chi connectivity index (χ0) is 14.8. The zero-order valence-electron chi connectivity index (χ0n) is 12.5. The highest BCUT2D eigenvalue weighted by Gasteiger charge is 2.34. The lowest BCUT2D eigenvalue weighted by atomic mass is 10.0. The van der Waals surface area contributed by atoms with E-state index in [0.29, 0.717) is 26.2 Å². The van der Waals surface area contributed by atoms with Crippen LogP contribution in [-0.2, 0) is 14.8 Å². The molecule has 0 bridgehead atoms. The van der Waals surface area contributed by atoms with Crippen LogP contribution < -0.4 is 5.73 Å². The molecule has 0 aromatic carbocycles. The molecule has 2 heterocycles. The van der Waals surface area contributed by atoms with E-state index in [2.05, 4.69) is 18.7 Å². The molecule has 7 heteroatoms. The maximum atomic E-state index is 12.4. The van der Waals surface area contributed by atoms with E-state index in [4.69, 9.17) is 10.5 Å². The molecular formula is C13H27N3O3S. The topological polar surface area (TPSA) is 75.9 Å². The van der Waals surface area contributed by atoms with E-state index in [1.807, 2.05) is 0 Å². The Morgan fingerprint density at radius 2 is 1.90 bits per heavy atom. The van der Waals surface area contributed by atoms with Crippen molar-refractivity contribution in [2.75, 3.05) is 45.1 Å². The molecule has 2 aliphatic heterocycles. The largest absolute Gasteiger partial charge is 0.377 e. The van der Waals surface area contributed by atoms with Crippen LogP contribution in [0.1, 0.15) is 26.7 Å². The van der Waals surface area contributed by atoms with Crippen LogP contribution in [0.15, 0.2) is 0 Å². The highest BCUT2D eigenvalue weighted by molar-refractivity contribution is 7.89. The quantitative estimate of drug-likeness (QED) is 0.764. The van der Waals surface area contributed by atoms with Gasteiger partial charge in [0.25, 0.3) is 0 Å². The van der Waals surface area contributed by atoms with Gasteiger partial charge in [-0.3, -0.25) is 4.90 Å². The van der Waals surface area contributed by atoms with Gasteiger partial charge < -0.3 is 10.5 Å². The van der Waals surface area contributed by atoms with E-state index >= 15 is 0 Å². The van der Waals surface area contributed by atoms with E-state index in [9.17, 15) is 8.42 Å². The number of nitrogens with zero attached hydrogens (tertiary/aromatic N) is 2. The van der Waals surface area contributed by atoms with Gasteiger partial charge >= 0.3 is 0 Å². The minimum atomic E-state index is -3.19. The predicted molar refractivity (Wildman–Crippen MR) is 79.0 cm³/mol. The van der Waals surface area contributed by atoms with Gasteiger partial charge in [-0.15, -0.1) is 0 Å². The van der Waals surface area contributed by atoms with Gasteiger partial charge in [-0.2, -0.15) is 4.31 Å². The minimum absolute atomic E-state index is 0.0651. The molecule has 2 N–H and O–H groups in total. The maximum Gasteiger partial charge on any atom is 0.216 e. The molecule has 20 heavy (non-hydrogen) atoms. The van der Waals surface area contributed by atoms with Crippen molar-refractivity contribution in [3.8, 4) is 0 Å². The molecule has 0 aromatic rings. The fourth-order valence-electron chi connectivity index (χ4n) is 2.82. The molecule has 0 spiro atoms. The van der Waals surface area contributed by atoms with E-state index in [0.717, 1.165) is 25.9 Å². The minimum Gasteiger partial charge on any atom is -0.377 e. The molecule has 2 saturated heterocycles. The molecule has 118 valence electrons. The second-order valence-corrected chi connectivity index (χ2v) is 8.33. The summed E-state index contributed by atoms with van der Waals surface area (Å²) in [4.78, 5) is 2.27. The molecule has 6 nitrogen and oxygen atoms in total. The lowest BCUT2D eigenvalue weighted by Crippen LogP contribution is -2.58. The Morgan fingerprint density at radius 1 is 1.25 bits per heavy atom. The van der Waals surface area contributed by atoms with Crippen molar-refractivity contribution in [3.05, 3.63) is 0 Å². The van der Waals surface area contributed by atoms with Gasteiger partial charge in [0.05, 0.1) is 11.9 Å². The molecule has 1 atom stereocenters. The van der Waals surface area contributed by atoms with Crippen LogP contribution in [0.25, 0.3) is 0 Å². The Kier molecular flexibility index (Phi) is 5.07. The molecule has 2 rings (SSSR count). The Balaban J connectivity index is 1.89. The van der Waals surface area contributed by atoms with E-state index in [1.165, 1.54) is 0 Å². The number of hydrogen-bond acceptors (Lipinski definition) is 5. The average molecular weight is 305 g/mol. The summed E-state index contributed by atoms with van der Waals surface area (Å²) in [5.74, 6) is 0.132. The molecule has 1 unspecified atom stereocenters. The van der Waals surface area contributed by atoms with Crippen molar-refractivity contribution in [2.45, 2.75) is 38.3 Å². The number of rotatable bonds is 5. The Bertz CT molecular complexity index is 411. The first-order valence-electron chi connectivity index (χ1n) is 7.40. The first-order valence-corrected chi connectivity index (χ1v) is 9.00. The standard InChI is InChI=1S/C13H27N3O3S/c1-13(2,11-14)15-5-7-16(8-6-15)20(17,18)10-12-4-3-9-19-12/h12H,3-11,14H2,1-2H3. The summed E-state index contributed by atoms with van der Waals surface area (Å²) in [6, 6.07) is 0. The number of sulfonamides is 1. The fraction of sp³-hybridized carbons (Fsp3) is 1.00. The summed E-state index contributed by atoms with van der Waals surface area (Å²) in [5.41, 5.74) is 5.71. The van der Waals surface area contributed by atoms with Gasteiger partial charge in [0, 0.05) is 44.9 Å². The van der Waals surface area contributed by atoms with Gasteiger partial charge in [0.1, 0.15) is 0 Å². The first-order chi connectivity index (χ1) is 9.35. The van der Waals surface area contributed by atoms with Crippen LogP contribution >= 0.6 is 0 Å². The molecular weight excluding hydrogens is 278 g/mol. The van der Waals surface area contributed by atoms with Crippen LogP contribution in [-0.4, -0.2) is 74.3 Å². The van der Waals surface area contributed by atoms with Gasteiger partial charge in [-0.1, -0.05) is 0 Å². The molecule has 0 amide bonds. The van der Waals surface area contributed by atoms with Gasteiger partial charge in [-0.25, -0.2) is 8.42 Å². The molecule has 2 aliphatic rings. The molecule has 0 aliphatic carbocycles. The SMILES string of the molecule is CC(C)(CN)N1CCN(S(=O)(=O)CC2CCCO2)CC1. The third-order valence-corrected chi connectivity index (χ3v) is 6.35. The monoisotopic (exact) mass is 305 g/mol. The number of hydrogen-bond donors (Lipinski definition) is 1. The average Bonchev–Trinajstić information content (AvgIpc) is 2.91. The molecule has 0 aromatic heterocycles. The van der Waals surface area contributed by atoms with Gasteiger partial charge in [0.15, 0.2) is 0 Å². The lowest BCUT2D eigenvalue weighted by molar-refractivity contribution is 0.0835. The third kappa shape index (κ3) is 3.71. The van der Waals surface area contributed by atoms with Gasteiger partial charge in [-0.05, 0) is 26.7 Å². The normalized spacial score (nSPS) is 27.1. The summed E-state index contributed by atoms with van der Waals surface area (Å²) in [6.45, 7) is 8.07. The van der Waals surface area contributed by atoms with Crippen molar-refractivity contribution < 1.29 is 13.2 Å². The third-order valence-electron chi connectivity index (χ3n) is 4.41. The Hall–Kier alpha value is -0.210. The van der Waals surface area contributed by atoms with E-state index < -0.39 is 10.0 Å². The first kappa shape index (κ1) is 16.2. The number of nitrogens with two attached hydrogens (primary N) is 1. The highest BCUT2D eigenvalue weighted by Crippen LogP contribution is 2.20. The zero-order valence-corrected chi connectivity index (χ0v) is 13.4. The molecule has 0 saturated carbocycles. The summed E-state index contributed by atoms with van der Waals surface area (Å²) >= 11 is 0. The Morgan fingerprint density at radius 3 is 2.40 bits per heavy atom. The molecule has 0 radical (unpaired) electrons. The van der Waals surface area contributed by atoms with Crippen molar-refractivity contribution in [2.24, 2.45) is 5.73 Å². The van der Waals surface area contributed by atoms with Crippen LogP contribution in [0.4, 0.5) is 0 Å². The summed E-state index contributed by atoms with van der Waals surface area (Å²) < 4.78 is 31.8. The lowest BCUT2D eigenvalue weighted by Gasteiger charge is -2.43. The fourth-order valence-corrected chi connectivity index (χ4v) is 4.48. The maximum absolute atomic E-state index is 12.4. The number of piperazine rings is 1. The van der Waals surface area contributed by atoms with Crippen molar-refractivity contribution >= 4 is 10.0 Å². The Labute approximate surface area is 122 Å².